The largest absolute Gasteiger partial charge is 0.370 e. The van der Waals surface area contributed by atoms with E-state index in [0.717, 1.165) is 12.8 Å². The third-order valence-corrected chi connectivity index (χ3v) is 1.40. The molecule has 0 aromatic rings. The maximum atomic E-state index is 10.2. The minimum absolute atomic E-state index is 0.0625. The molecule has 0 saturated heterocycles. The van der Waals surface area contributed by atoms with Crippen molar-refractivity contribution in [3.8, 4) is 0 Å². The number of amides is 1. The van der Waals surface area contributed by atoms with Crippen LogP contribution in [-0.2, 0) is 4.79 Å². The third kappa shape index (κ3) is 5.63. The summed E-state index contributed by atoms with van der Waals surface area (Å²) in [4.78, 5) is 10.2. The fraction of sp³-hybridized carbons (Fsp3) is 0.833. The average Bonchev–Trinajstić information content (AvgIpc) is 1.63. The smallest absolute Gasteiger partial charge is 0.218 e. The highest BCUT2D eigenvalue weighted by molar-refractivity contribution is 6.21. The van der Waals surface area contributed by atoms with Gasteiger partial charge in [-0.3, -0.25) is 4.79 Å². The molecule has 0 rings (SSSR count). The predicted molar refractivity (Wildman–Crippen MR) is 38.4 cm³/mol. The van der Waals surface area contributed by atoms with Crippen molar-refractivity contribution >= 4 is 17.5 Å². The summed E-state index contributed by atoms with van der Waals surface area (Å²) in [5.74, 6) is -0.316. The van der Waals surface area contributed by atoms with E-state index in [9.17, 15) is 4.79 Å². The molecule has 0 aliphatic heterocycles. The fourth-order valence-electron chi connectivity index (χ4n) is 0.634. The number of halogens is 1. The monoisotopic (exact) mass is 149 g/mol. The normalized spacial score (nSPS) is 13.1. The van der Waals surface area contributed by atoms with Crippen LogP contribution in [0.5, 0.6) is 0 Å². The lowest BCUT2D eigenvalue weighted by Gasteiger charge is -2.02. The second-order valence-corrected chi connectivity index (χ2v) is 2.67. The molecule has 1 amide bonds. The van der Waals surface area contributed by atoms with Gasteiger partial charge >= 0.3 is 0 Å². The molecule has 9 heavy (non-hydrogen) atoms. The topological polar surface area (TPSA) is 43.1 Å². The maximum Gasteiger partial charge on any atom is 0.218 e. The first-order chi connectivity index (χ1) is 4.16. The minimum Gasteiger partial charge on any atom is -0.370 e. The Morgan fingerprint density at radius 3 is 2.67 bits per heavy atom. The van der Waals surface area contributed by atoms with Crippen LogP contribution in [0.25, 0.3) is 0 Å². The van der Waals surface area contributed by atoms with Gasteiger partial charge in [0, 0.05) is 11.8 Å². The summed E-state index contributed by atoms with van der Waals surface area (Å²) in [7, 11) is 0. The van der Waals surface area contributed by atoms with E-state index in [-0.39, 0.29) is 11.3 Å². The first-order valence-electron chi connectivity index (χ1n) is 3.09. The first kappa shape index (κ1) is 8.76. The van der Waals surface area contributed by atoms with Crippen molar-refractivity contribution in [3.63, 3.8) is 0 Å². The van der Waals surface area contributed by atoms with Crippen LogP contribution in [0, 0.1) is 0 Å². The zero-order chi connectivity index (χ0) is 7.28. The van der Waals surface area contributed by atoms with Crippen molar-refractivity contribution in [2.24, 2.45) is 5.73 Å². The third-order valence-electron chi connectivity index (χ3n) is 1.02. The summed E-state index contributed by atoms with van der Waals surface area (Å²) >= 11 is 5.68. The van der Waals surface area contributed by atoms with Crippen molar-refractivity contribution in [2.75, 3.05) is 0 Å². The molecule has 3 heteroatoms. The van der Waals surface area contributed by atoms with Crippen LogP contribution in [0.1, 0.15) is 26.2 Å². The lowest BCUT2D eigenvalue weighted by molar-refractivity contribution is -0.118. The fourth-order valence-corrected chi connectivity index (χ4v) is 1.00. The van der Waals surface area contributed by atoms with Gasteiger partial charge in [-0.25, -0.2) is 0 Å². The van der Waals surface area contributed by atoms with Crippen LogP contribution in [0.3, 0.4) is 0 Å². The van der Waals surface area contributed by atoms with E-state index < -0.39 is 0 Å². The van der Waals surface area contributed by atoms with Crippen LogP contribution in [-0.4, -0.2) is 11.3 Å². The highest BCUT2D eigenvalue weighted by Gasteiger charge is 2.05. The maximum absolute atomic E-state index is 10.2. The van der Waals surface area contributed by atoms with Gasteiger partial charge in [0.2, 0.25) is 5.91 Å². The summed E-state index contributed by atoms with van der Waals surface area (Å²) < 4.78 is 0. The molecule has 54 valence electrons. The Bertz CT molecular complexity index is 95.1. The molecule has 1 unspecified atom stereocenters. The molecule has 0 bridgehead atoms. The summed E-state index contributed by atoms with van der Waals surface area (Å²) in [6.07, 6.45) is 2.17. The zero-order valence-corrected chi connectivity index (χ0v) is 6.32. The van der Waals surface area contributed by atoms with Crippen LogP contribution < -0.4 is 5.73 Å². The molecule has 0 saturated carbocycles. The van der Waals surface area contributed by atoms with Crippen molar-refractivity contribution in [2.45, 2.75) is 31.6 Å². The van der Waals surface area contributed by atoms with Gasteiger partial charge in [-0.2, -0.15) is 0 Å². The molecular weight excluding hydrogens is 138 g/mol. The summed E-state index contributed by atoms with van der Waals surface area (Å²) in [5, 5.41) is -0.0625. The van der Waals surface area contributed by atoms with Gasteiger partial charge in [-0.1, -0.05) is 13.3 Å². The second kappa shape index (κ2) is 4.62. The summed E-state index contributed by atoms with van der Waals surface area (Å²) in [6.45, 7) is 2.02. The van der Waals surface area contributed by atoms with Crippen molar-refractivity contribution in [1.82, 2.24) is 0 Å². The van der Waals surface area contributed by atoms with Crippen molar-refractivity contribution < 1.29 is 4.79 Å². The van der Waals surface area contributed by atoms with Crippen LogP contribution in [0.15, 0.2) is 0 Å². The van der Waals surface area contributed by atoms with Crippen LogP contribution in [0.2, 0.25) is 0 Å². The van der Waals surface area contributed by atoms with E-state index in [1.54, 1.807) is 0 Å². The van der Waals surface area contributed by atoms with Crippen LogP contribution in [0.4, 0.5) is 0 Å². The van der Waals surface area contributed by atoms with E-state index in [1.165, 1.54) is 0 Å². The number of hydrogen-bond donors (Lipinski definition) is 1. The molecule has 0 fully saturated rings. The molecule has 0 radical (unpaired) electrons. The van der Waals surface area contributed by atoms with Gasteiger partial charge in [0.15, 0.2) is 0 Å². The first-order valence-corrected chi connectivity index (χ1v) is 3.52. The number of carbonyl (C=O) groups is 1. The number of rotatable bonds is 4. The molecule has 2 nitrogen and oxygen atoms in total. The molecule has 2 N–H and O–H groups in total. The Morgan fingerprint density at radius 1 is 1.78 bits per heavy atom. The van der Waals surface area contributed by atoms with Gasteiger partial charge in [-0.05, 0) is 6.42 Å². The number of primary amides is 1. The van der Waals surface area contributed by atoms with Gasteiger partial charge in [0.05, 0.1) is 0 Å². The van der Waals surface area contributed by atoms with E-state index in [0.29, 0.717) is 6.42 Å². The zero-order valence-electron chi connectivity index (χ0n) is 5.56. The highest BCUT2D eigenvalue weighted by atomic mass is 35.5. The predicted octanol–water partition coefficient (Wildman–Crippen LogP) is 1.27. The summed E-state index contributed by atoms with van der Waals surface area (Å²) in [6, 6.07) is 0. The number of alkyl halides is 1. The van der Waals surface area contributed by atoms with Crippen LogP contribution >= 0.6 is 11.6 Å². The number of hydrogen-bond acceptors (Lipinski definition) is 1. The summed E-state index contributed by atoms with van der Waals surface area (Å²) in [5.41, 5.74) is 4.90. The van der Waals surface area contributed by atoms with Gasteiger partial charge < -0.3 is 5.73 Å². The molecule has 0 spiro atoms. The SMILES string of the molecule is CCCC(Cl)CC(N)=O. The minimum atomic E-state index is -0.316. The Morgan fingerprint density at radius 2 is 2.33 bits per heavy atom. The molecule has 1 atom stereocenters. The van der Waals surface area contributed by atoms with E-state index in [2.05, 4.69) is 0 Å². The lowest BCUT2D eigenvalue weighted by Crippen LogP contribution is -2.16. The Hall–Kier alpha value is -0.240. The van der Waals surface area contributed by atoms with Gasteiger partial charge in [0.25, 0.3) is 0 Å². The van der Waals surface area contributed by atoms with Crippen molar-refractivity contribution in [3.05, 3.63) is 0 Å². The Kier molecular flexibility index (Phi) is 4.50. The Labute approximate surface area is 60.4 Å². The molecule has 0 heterocycles. The highest BCUT2D eigenvalue weighted by Crippen LogP contribution is 2.07. The standard InChI is InChI=1S/C6H12ClNO/c1-2-3-5(7)4-6(8)9/h5H,2-4H2,1H3,(H2,8,9). The molecule has 0 aromatic carbocycles. The average molecular weight is 150 g/mol. The van der Waals surface area contributed by atoms with Gasteiger partial charge in [0.1, 0.15) is 0 Å². The van der Waals surface area contributed by atoms with E-state index >= 15 is 0 Å². The molecule has 0 aliphatic rings. The molecule has 0 aromatic heterocycles. The van der Waals surface area contributed by atoms with Gasteiger partial charge in [-0.15, -0.1) is 11.6 Å². The quantitative estimate of drug-likeness (QED) is 0.601. The van der Waals surface area contributed by atoms with Crippen molar-refractivity contribution in [1.29, 1.82) is 0 Å². The molecular formula is C6H12ClNO. The second-order valence-electron chi connectivity index (χ2n) is 2.06. The van der Waals surface area contributed by atoms with E-state index in [1.807, 2.05) is 6.92 Å². The number of nitrogens with two attached hydrogens (primary N) is 1. The molecule has 0 aliphatic carbocycles. The van der Waals surface area contributed by atoms with E-state index in [4.69, 9.17) is 17.3 Å². The Balaban J connectivity index is 3.26. The lowest BCUT2D eigenvalue weighted by atomic mass is 10.2. The number of carbonyl (C=O) groups excluding carboxylic acids is 1.